The summed E-state index contributed by atoms with van der Waals surface area (Å²) in [7, 11) is 0. The van der Waals surface area contributed by atoms with E-state index in [1.54, 1.807) is 0 Å². The van der Waals surface area contributed by atoms with E-state index in [1.165, 1.54) is 94.8 Å². The maximum Gasteiger partial charge on any atom is 0.0492 e. The fourth-order valence-corrected chi connectivity index (χ4v) is 8.83. The van der Waals surface area contributed by atoms with Gasteiger partial charge in [-0.15, -0.1) is 0 Å². The van der Waals surface area contributed by atoms with Gasteiger partial charge in [0.05, 0.1) is 0 Å². The third-order valence-corrected chi connectivity index (χ3v) is 12.6. The molecule has 0 bridgehead atoms. The summed E-state index contributed by atoms with van der Waals surface area (Å²) in [6.45, 7) is 64.1. The van der Waals surface area contributed by atoms with Crippen molar-refractivity contribution in [3.8, 4) is 0 Å². The van der Waals surface area contributed by atoms with Crippen LogP contribution in [-0.4, -0.2) is 15.0 Å². The summed E-state index contributed by atoms with van der Waals surface area (Å²) in [5, 5.41) is 0. The highest BCUT2D eigenvalue weighted by Gasteiger charge is 2.24. The first-order chi connectivity index (χ1) is 25.4. The molecule has 0 fully saturated rings. The second-order valence-corrected chi connectivity index (χ2v) is 21.2. The Labute approximate surface area is 353 Å². The number of benzene rings is 1. The lowest BCUT2D eigenvalue weighted by Crippen LogP contribution is -2.17. The molecule has 0 aliphatic carbocycles. The van der Waals surface area contributed by atoms with E-state index in [2.05, 4.69) is 211 Å². The van der Waals surface area contributed by atoms with Gasteiger partial charge in [0.1, 0.15) is 0 Å². The number of aromatic nitrogens is 3. The molecule has 3 nitrogen and oxygen atoms in total. The second-order valence-electron chi connectivity index (χ2n) is 21.2. The van der Waals surface area contributed by atoms with E-state index in [-0.39, 0.29) is 21.7 Å². The standard InChI is InChI=1S/C15H24.3C13H21N/c1-9-10(2)12(4)14(15(6,7)8)13(5)11(9)3;1-8-10(3)14-11(4)9(2)12(8)13(5,6)7;1-8-9(2)12(13(5,6)7)11(4)14-10(8)3;1-8-9(2)11(4)14-12(10(8)3)13(5,6)7/h1-8H3;3*1-7H3. The van der Waals surface area contributed by atoms with E-state index < -0.39 is 0 Å². The topological polar surface area (TPSA) is 38.7 Å². The van der Waals surface area contributed by atoms with Gasteiger partial charge in [-0.2, -0.15) is 0 Å². The van der Waals surface area contributed by atoms with Gasteiger partial charge in [-0.1, -0.05) is 83.1 Å². The van der Waals surface area contributed by atoms with E-state index >= 15 is 0 Å². The monoisotopic (exact) mass is 778 g/mol. The molecule has 0 spiro atoms. The van der Waals surface area contributed by atoms with Crippen molar-refractivity contribution >= 4 is 0 Å². The fourth-order valence-electron chi connectivity index (χ4n) is 8.83. The average molecular weight is 778 g/mol. The molecule has 1 aromatic carbocycles. The number of aryl methyl sites for hydroxylation is 5. The minimum atomic E-state index is 0.146. The van der Waals surface area contributed by atoms with Crippen LogP contribution in [0.3, 0.4) is 0 Å². The lowest BCUT2D eigenvalue weighted by Gasteiger charge is -2.28. The summed E-state index contributed by atoms with van der Waals surface area (Å²) in [6, 6.07) is 0. The van der Waals surface area contributed by atoms with Crippen molar-refractivity contribution in [3.63, 3.8) is 0 Å². The number of pyridine rings is 3. The van der Waals surface area contributed by atoms with Gasteiger partial charge in [-0.3, -0.25) is 15.0 Å². The van der Waals surface area contributed by atoms with Crippen LogP contribution in [0.2, 0.25) is 0 Å². The van der Waals surface area contributed by atoms with Crippen LogP contribution in [0.1, 0.15) is 201 Å². The molecule has 318 valence electrons. The summed E-state index contributed by atoms with van der Waals surface area (Å²) < 4.78 is 0. The summed E-state index contributed by atoms with van der Waals surface area (Å²) in [4.78, 5) is 13.9. The van der Waals surface area contributed by atoms with Gasteiger partial charge in [0.25, 0.3) is 0 Å². The maximum atomic E-state index is 4.70. The first kappa shape index (κ1) is 51.7. The third-order valence-electron chi connectivity index (χ3n) is 12.6. The smallest absolute Gasteiger partial charge is 0.0492 e. The van der Waals surface area contributed by atoms with Crippen molar-refractivity contribution in [2.24, 2.45) is 0 Å². The lowest BCUT2D eigenvalue weighted by atomic mass is 9.77. The number of nitrogens with zero attached hydrogens (tertiary/aromatic N) is 3. The van der Waals surface area contributed by atoms with Crippen LogP contribution in [0, 0.1) is 118 Å². The minimum Gasteiger partial charge on any atom is -0.258 e. The lowest BCUT2D eigenvalue weighted by molar-refractivity contribution is 0.561. The molecule has 3 aromatic heterocycles. The van der Waals surface area contributed by atoms with Crippen molar-refractivity contribution in [3.05, 3.63) is 118 Å². The summed E-state index contributed by atoms with van der Waals surface area (Å²) in [5.41, 5.74) is 29.1. The summed E-state index contributed by atoms with van der Waals surface area (Å²) in [5.74, 6) is 0. The second kappa shape index (κ2) is 18.7. The molecule has 0 saturated heterocycles. The first-order valence-electron chi connectivity index (χ1n) is 21.3. The SMILES string of the molecule is Cc1c(C)c(C)c(C(C)(C)C)c(C)c1C.Cc1nc(C(C)(C)C)c(C)c(C)c1C.Cc1nc(C)c(C(C)(C)C)c(C)c1C.Cc1nc(C)c(C)c(C(C)(C)C)c1C. The minimum absolute atomic E-state index is 0.146. The molecule has 3 heterocycles. The molecule has 0 saturated carbocycles. The maximum absolute atomic E-state index is 4.70. The summed E-state index contributed by atoms with van der Waals surface area (Å²) >= 11 is 0. The Hall–Kier alpha value is -3.33. The number of rotatable bonds is 0. The third kappa shape index (κ3) is 12.3. The zero-order valence-electron chi connectivity index (χ0n) is 42.8. The van der Waals surface area contributed by atoms with Crippen LogP contribution >= 0.6 is 0 Å². The Morgan fingerprint density at radius 3 is 0.807 bits per heavy atom. The van der Waals surface area contributed by atoms with Gasteiger partial charge in [0, 0.05) is 39.6 Å². The van der Waals surface area contributed by atoms with E-state index in [1.807, 2.05) is 0 Å². The van der Waals surface area contributed by atoms with Crippen LogP contribution < -0.4 is 0 Å². The van der Waals surface area contributed by atoms with E-state index in [0.29, 0.717) is 0 Å². The zero-order chi connectivity index (χ0) is 45.2. The van der Waals surface area contributed by atoms with Crippen LogP contribution in [0.4, 0.5) is 0 Å². The molecule has 3 heteroatoms. The van der Waals surface area contributed by atoms with Gasteiger partial charge in [0.15, 0.2) is 0 Å². The Morgan fingerprint density at radius 1 is 0.211 bits per heavy atom. The molecule has 4 rings (SSSR count). The van der Waals surface area contributed by atoms with Crippen LogP contribution in [0.15, 0.2) is 0 Å². The normalized spacial score (nSPS) is 11.9. The fraction of sp³-hybridized carbons (Fsp3) is 0.611. The Morgan fingerprint density at radius 2 is 0.456 bits per heavy atom. The predicted molar refractivity (Wildman–Crippen MR) is 254 cm³/mol. The van der Waals surface area contributed by atoms with Crippen LogP contribution in [-0.2, 0) is 21.7 Å². The van der Waals surface area contributed by atoms with Gasteiger partial charge in [-0.25, -0.2) is 0 Å². The Bertz CT molecular complexity index is 2000. The number of hydrogen-bond donors (Lipinski definition) is 0. The first-order valence-corrected chi connectivity index (χ1v) is 21.3. The van der Waals surface area contributed by atoms with Crippen molar-refractivity contribution in [2.45, 2.75) is 222 Å². The Kier molecular flexibility index (Phi) is 17.0. The molecule has 0 aliphatic rings. The van der Waals surface area contributed by atoms with Crippen LogP contribution in [0.25, 0.3) is 0 Å². The molecule has 0 atom stereocenters. The van der Waals surface area contributed by atoms with Crippen molar-refractivity contribution in [2.75, 3.05) is 0 Å². The molecule has 4 aromatic rings. The highest BCUT2D eigenvalue weighted by atomic mass is 14.7. The highest BCUT2D eigenvalue weighted by molar-refractivity contribution is 5.52. The van der Waals surface area contributed by atoms with Crippen molar-refractivity contribution in [1.82, 2.24) is 15.0 Å². The summed E-state index contributed by atoms with van der Waals surface area (Å²) in [6.07, 6.45) is 0. The van der Waals surface area contributed by atoms with E-state index in [0.717, 1.165) is 22.8 Å². The molecule has 0 radical (unpaired) electrons. The molecule has 57 heavy (non-hydrogen) atoms. The average Bonchev–Trinajstić information content (AvgIpc) is 3.04. The molecule has 0 aliphatic heterocycles. The van der Waals surface area contributed by atoms with E-state index in [4.69, 9.17) is 4.98 Å². The van der Waals surface area contributed by atoms with E-state index in [9.17, 15) is 0 Å². The Balaban J connectivity index is 0.000000380. The largest absolute Gasteiger partial charge is 0.258 e. The molecule has 0 N–H and O–H groups in total. The molecular weight excluding hydrogens is 691 g/mol. The number of hydrogen-bond acceptors (Lipinski definition) is 3. The highest BCUT2D eigenvalue weighted by Crippen LogP contribution is 2.35. The quantitative estimate of drug-likeness (QED) is 0.178. The van der Waals surface area contributed by atoms with Crippen molar-refractivity contribution < 1.29 is 0 Å². The van der Waals surface area contributed by atoms with Gasteiger partial charge in [-0.05, 0) is 217 Å². The molecular formula is C54H87N3. The zero-order valence-corrected chi connectivity index (χ0v) is 42.8. The van der Waals surface area contributed by atoms with Gasteiger partial charge >= 0.3 is 0 Å². The van der Waals surface area contributed by atoms with Gasteiger partial charge in [0.2, 0.25) is 0 Å². The molecule has 0 unspecified atom stereocenters. The van der Waals surface area contributed by atoms with Crippen molar-refractivity contribution in [1.29, 1.82) is 0 Å². The molecule has 0 amide bonds. The van der Waals surface area contributed by atoms with Gasteiger partial charge < -0.3 is 0 Å². The predicted octanol–water partition coefficient (Wildman–Crippen LogP) is 15.4. The van der Waals surface area contributed by atoms with Crippen LogP contribution in [0.5, 0.6) is 0 Å².